The maximum Gasteiger partial charge on any atom is 0.269 e. The molecule has 3 aromatic carbocycles. The van der Waals surface area contributed by atoms with E-state index in [0.29, 0.717) is 13.0 Å². The molecule has 1 aliphatic rings. The van der Waals surface area contributed by atoms with Gasteiger partial charge in [0.15, 0.2) is 0 Å². The van der Waals surface area contributed by atoms with Crippen molar-refractivity contribution in [3.63, 3.8) is 0 Å². The Hall–Kier alpha value is -3.98. The SMILES string of the molecule is CCCNC(=O)[C@H](Cc1ccccc1)N(Cc1ccccc1)C(=O)CCN1C(=O)c2ccccc2S1(=O)=O. The number of rotatable bonds is 11. The largest absolute Gasteiger partial charge is 0.354 e. The number of amides is 3. The molecule has 1 N–H and O–H groups in total. The van der Waals surface area contributed by atoms with Crippen molar-refractivity contribution in [2.75, 3.05) is 13.1 Å². The molecular weight excluding hydrogens is 502 g/mol. The normalized spacial score (nSPS) is 14.6. The summed E-state index contributed by atoms with van der Waals surface area (Å²) in [5.74, 6) is -1.35. The van der Waals surface area contributed by atoms with Crippen molar-refractivity contribution < 1.29 is 22.8 Å². The number of carbonyl (C=O) groups excluding carboxylic acids is 3. The molecule has 1 heterocycles. The topological polar surface area (TPSA) is 104 Å². The van der Waals surface area contributed by atoms with E-state index in [1.807, 2.05) is 67.6 Å². The van der Waals surface area contributed by atoms with Crippen molar-refractivity contribution in [3.05, 3.63) is 102 Å². The minimum absolute atomic E-state index is 0.0560. The van der Waals surface area contributed by atoms with Crippen LogP contribution < -0.4 is 5.32 Å². The van der Waals surface area contributed by atoms with Crippen molar-refractivity contribution in [1.29, 1.82) is 0 Å². The van der Waals surface area contributed by atoms with Crippen molar-refractivity contribution in [1.82, 2.24) is 14.5 Å². The zero-order valence-corrected chi connectivity index (χ0v) is 22.1. The van der Waals surface area contributed by atoms with Gasteiger partial charge < -0.3 is 10.2 Å². The second kappa shape index (κ2) is 12.0. The summed E-state index contributed by atoms with van der Waals surface area (Å²) in [6, 6.07) is 24.0. The van der Waals surface area contributed by atoms with E-state index in [4.69, 9.17) is 0 Å². The van der Waals surface area contributed by atoms with E-state index < -0.39 is 27.9 Å². The maximum atomic E-state index is 13.7. The van der Waals surface area contributed by atoms with Gasteiger partial charge in [0.05, 0.1) is 5.56 Å². The molecule has 0 spiro atoms. The molecule has 0 unspecified atom stereocenters. The van der Waals surface area contributed by atoms with E-state index in [1.165, 1.54) is 17.0 Å². The van der Waals surface area contributed by atoms with Gasteiger partial charge in [0.2, 0.25) is 11.8 Å². The Kier molecular flexibility index (Phi) is 8.58. The first-order valence-corrected chi connectivity index (χ1v) is 14.1. The van der Waals surface area contributed by atoms with Crippen LogP contribution in [0.4, 0.5) is 0 Å². The first-order valence-electron chi connectivity index (χ1n) is 12.6. The molecular formula is C29H31N3O5S. The molecule has 0 saturated heterocycles. The van der Waals surface area contributed by atoms with Gasteiger partial charge in [-0.15, -0.1) is 0 Å². The molecule has 0 aliphatic carbocycles. The fraction of sp³-hybridized carbons (Fsp3) is 0.276. The van der Waals surface area contributed by atoms with Gasteiger partial charge in [0.1, 0.15) is 10.9 Å². The summed E-state index contributed by atoms with van der Waals surface area (Å²) in [6.45, 7) is 2.27. The van der Waals surface area contributed by atoms with Crippen molar-refractivity contribution in [3.8, 4) is 0 Å². The molecule has 4 rings (SSSR count). The summed E-state index contributed by atoms with van der Waals surface area (Å²) in [6.07, 6.45) is 0.783. The molecule has 0 bridgehead atoms. The van der Waals surface area contributed by atoms with Crippen LogP contribution in [-0.2, 0) is 32.6 Å². The third-order valence-corrected chi connectivity index (χ3v) is 8.30. The van der Waals surface area contributed by atoms with Gasteiger partial charge in [0, 0.05) is 32.5 Å². The Morgan fingerprint density at radius 2 is 1.50 bits per heavy atom. The van der Waals surface area contributed by atoms with Crippen LogP contribution >= 0.6 is 0 Å². The number of sulfonamides is 1. The molecule has 8 nitrogen and oxygen atoms in total. The third-order valence-electron chi connectivity index (χ3n) is 6.46. The van der Waals surface area contributed by atoms with Crippen LogP contribution in [0, 0.1) is 0 Å². The molecule has 38 heavy (non-hydrogen) atoms. The number of carbonyl (C=O) groups is 3. The monoisotopic (exact) mass is 533 g/mol. The Labute approximate surface area is 223 Å². The zero-order valence-electron chi connectivity index (χ0n) is 21.2. The predicted octanol–water partition coefficient (Wildman–Crippen LogP) is 3.39. The van der Waals surface area contributed by atoms with E-state index in [-0.39, 0.29) is 35.9 Å². The number of nitrogens with one attached hydrogen (secondary N) is 1. The van der Waals surface area contributed by atoms with Gasteiger partial charge in [-0.05, 0) is 29.7 Å². The van der Waals surface area contributed by atoms with Crippen LogP contribution in [0.25, 0.3) is 0 Å². The summed E-state index contributed by atoms with van der Waals surface area (Å²) in [4.78, 5) is 41.3. The van der Waals surface area contributed by atoms with Gasteiger partial charge in [-0.25, -0.2) is 12.7 Å². The van der Waals surface area contributed by atoms with Gasteiger partial charge in [0.25, 0.3) is 15.9 Å². The van der Waals surface area contributed by atoms with Gasteiger partial charge in [-0.3, -0.25) is 14.4 Å². The number of hydrogen-bond donors (Lipinski definition) is 1. The second-order valence-corrected chi connectivity index (χ2v) is 11.0. The molecule has 9 heteroatoms. The minimum Gasteiger partial charge on any atom is -0.354 e. The molecule has 3 aromatic rings. The van der Waals surface area contributed by atoms with E-state index in [1.54, 1.807) is 12.1 Å². The lowest BCUT2D eigenvalue weighted by Gasteiger charge is -2.32. The third kappa shape index (κ3) is 5.94. The summed E-state index contributed by atoms with van der Waals surface area (Å²) in [5, 5.41) is 2.91. The average Bonchev–Trinajstić information content (AvgIpc) is 3.13. The van der Waals surface area contributed by atoms with Crippen LogP contribution in [0.2, 0.25) is 0 Å². The first-order chi connectivity index (χ1) is 18.3. The number of hydrogen-bond acceptors (Lipinski definition) is 5. The number of fused-ring (bicyclic) bond motifs is 1. The van der Waals surface area contributed by atoms with E-state index >= 15 is 0 Å². The smallest absolute Gasteiger partial charge is 0.269 e. The Bertz CT molecular complexity index is 1390. The maximum absolute atomic E-state index is 13.7. The molecule has 0 fully saturated rings. The highest BCUT2D eigenvalue weighted by Crippen LogP contribution is 2.30. The Morgan fingerprint density at radius 1 is 0.895 bits per heavy atom. The van der Waals surface area contributed by atoms with Gasteiger partial charge in [-0.2, -0.15) is 0 Å². The highest BCUT2D eigenvalue weighted by Gasteiger charge is 2.41. The minimum atomic E-state index is -4.04. The molecule has 0 aromatic heterocycles. The van der Waals surface area contributed by atoms with Crippen LogP contribution in [0.15, 0.2) is 89.8 Å². The lowest BCUT2D eigenvalue weighted by molar-refractivity contribution is -0.141. The van der Waals surface area contributed by atoms with Crippen LogP contribution in [0.1, 0.15) is 41.3 Å². The highest BCUT2D eigenvalue weighted by atomic mass is 32.2. The molecule has 198 valence electrons. The molecule has 1 aliphatic heterocycles. The first kappa shape index (κ1) is 27.1. The van der Waals surface area contributed by atoms with Crippen LogP contribution in [-0.4, -0.2) is 54.5 Å². The van der Waals surface area contributed by atoms with Crippen LogP contribution in [0.3, 0.4) is 0 Å². The molecule has 3 amide bonds. The van der Waals surface area contributed by atoms with E-state index in [2.05, 4.69) is 5.32 Å². The predicted molar refractivity (Wildman–Crippen MR) is 144 cm³/mol. The summed E-state index contributed by atoms with van der Waals surface area (Å²) >= 11 is 0. The van der Waals surface area contributed by atoms with Crippen LogP contribution in [0.5, 0.6) is 0 Å². The van der Waals surface area contributed by atoms with Crippen molar-refractivity contribution >= 4 is 27.7 Å². The zero-order chi connectivity index (χ0) is 27.1. The number of nitrogens with zero attached hydrogens (tertiary/aromatic N) is 2. The summed E-state index contributed by atoms with van der Waals surface area (Å²) in [5.41, 5.74) is 1.82. The van der Waals surface area contributed by atoms with Crippen molar-refractivity contribution in [2.24, 2.45) is 0 Å². The fourth-order valence-corrected chi connectivity index (χ4v) is 6.06. The Morgan fingerprint density at radius 3 is 2.13 bits per heavy atom. The second-order valence-electron chi connectivity index (χ2n) is 9.13. The van der Waals surface area contributed by atoms with Gasteiger partial charge >= 0.3 is 0 Å². The standard InChI is InChI=1S/C29H31N3O5S/c1-2-18-30-28(34)25(20-22-11-5-3-6-12-22)31(21-23-13-7-4-8-14-23)27(33)17-19-32-29(35)24-15-9-10-16-26(24)38(32,36)37/h3-16,25H,2,17-21H2,1H3,(H,30,34)/t25-/m0/s1. The summed E-state index contributed by atoms with van der Waals surface area (Å²) < 4.78 is 26.7. The Balaban J connectivity index is 1.61. The van der Waals surface area contributed by atoms with E-state index in [0.717, 1.165) is 21.9 Å². The number of benzene rings is 3. The summed E-state index contributed by atoms with van der Waals surface area (Å²) in [7, 11) is -4.04. The van der Waals surface area contributed by atoms with E-state index in [9.17, 15) is 22.8 Å². The van der Waals surface area contributed by atoms with Crippen molar-refractivity contribution in [2.45, 2.75) is 43.7 Å². The highest BCUT2D eigenvalue weighted by molar-refractivity contribution is 7.90. The molecule has 0 radical (unpaired) electrons. The fourth-order valence-electron chi connectivity index (χ4n) is 4.49. The molecule has 1 atom stereocenters. The molecule has 0 saturated carbocycles. The van der Waals surface area contributed by atoms with Gasteiger partial charge in [-0.1, -0.05) is 79.7 Å². The average molecular weight is 534 g/mol. The quantitative estimate of drug-likeness (QED) is 0.407. The lowest BCUT2D eigenvalue weighted by atomic mass is 10.0. The lowest BCUT2D eigenvalue weighted by Crippen LogP contribution is -2.51.